The molecule has 3 aromatic rings. The number of aryl methyl sites for hydroxylation is 1. The minimum atomic E-state index is -3.89. The van der Waals surface area contributed by atoms with Gasteiger partial charge in [0.15, 0.2) is 18.9 Å². The van der Waals surface area contributed by atoms with Crippen molar-refractivity contribution < 1.29 is 21.9 Å². The van der Waals surface area contributed by atoms with Crippen LogP contribution in [0.4, 0.5) is 5.69 Å². The third-order valence-electron chi connectivity index (χ3n) is 3.80. The Morgan fingerprint density at radius 3 is 2.33 bits per heavy atom. The van der Waals surface area contributed by atoms with Gasteiger partial charge >= 0.3 is 10.1 Å². The number of anilines is 1. The second-order valence-electron chi connectivity index (χ2n) is 6.05. The topological polar surface area (TPSA) is 82.5 Å². The molecular weight excluding hydrogens is 364 g/mol. The molecule has 7 heteroatoms. The Balaban J connectivity index is 1.68. The first kappa shape index (κ1) is 18.7. The predicted molar refractivity (Wildman–Crippen MR) is 102 cm³/mol. The number of nitrogens with zero attached hydrogens (tertiary/aromatic N) is 1. The number of ether oxygens (including phenoxy) is 1. The third-order valence-corrected chi connectivity index (χ3v) is 5.06. The molecule has 0 saturated heterocycles. The lowest BCUT2D eigenvalue weighted by Crippen LogP contribution is -2.35. The van der Waals surface area contributed by atoms with Crippen LogP contribution in [0.1, 0.15) is 5.56 Å². The Morgan fingerprint density at radius 2 is 1.63 bits per heavy atom. The van der Waals surface area contributed by atoms with E-state index in [2.05, 4.69) is 0 Å². The van der Waals surface area contributed by atoms with Crippen LogP contribution in [-0.2, 0) is 16.7 Å². The van der Waals surface area contributed by atoms with Gasteiger partial charge in [-0.2, -0.15) is 8.42 Å². The quantitative estimate of drug-likeness (QED) is 0.499. The summed E-state index contributed by atoms with van der Waals surface area (Å²) in [5.41, 5.74) is 7.20. The van der Waals surface area contributed by atoms with Crippen molar-refractivity contribution in [1.29, 1.82) is 0 Å². The number of nitrogen functional groups attached to an aromatic ring is 1. The van der Waals surface area contributed by atoms with Crippen LogP contribution in [0, 0.1) is 6.92 Å². The van der Waals surface area contributed by atoms with Gasteiger partial charge in [0.1, 0.15) is 23.0 Å². The molecule has 0 aliphatic carbocycles. The molecule has 0 fully saturated rings. The summed E-state index contributed by atoms with van der Waals surface area (Å²) in [6.07, 6.45) is 3.74. The van der Waals surface area contributed by atoms with Crippen molar-refractivity contribution in [2.45, 2.75) is 18.4 Å². The van der Waals surface area contributed by atoms with Crippen LogP contribution in [0.2, 0.25) is 0 Å². The van der Waals surface area contributed by atoms with E-state index in [0.717, 1.165) is 5.56 Å². The van der Waals surface area contributed by atoms with Gasteiger partial charge in [0.25, 0.3) is 0 Å². The van der Waals surface area contributed by atoms with Gasteiger partial charge in [-0.25, -0.2) is 4.57 Å². The normalized spacial score (nSPS) is 11.1. The van der Waals surface area contributed by atoms with E-state index in [9.17, 15) is 8.42 Å². The zero-order valence-electron chi connectivity index (χ0n) is 14.9. The van der Waals surface area contributed by atoms with Crippen LogP contribution in [0.15, 0.2) is 78.0 Å². The monoisotopic (exact) mass is 385 g/mol. The molecule has 0 saturated carbocycles. The summed E-state index contributed by atoms with van der Waals surface area (Å²) >= 11 is 0. The number of hydrogen-bond acceptors (Lipinski definition) is 5. The van der Waals surface area contributed by atoms with Crippen LogP contribution < -0.4 is 19.2 Å². The Labute approximate surface area is 158 Å². The number of rotatable bonds is 7. The Kier molecular flexibility index (Phi) is 5.61. The van der Waals surface area contributed by atoms with Crippen LogP contribution in [-0.4, -0.2) is 15.0 Å². The average Bonchev–Trinajstić information content (AvgIpc) is 2.63. The molecule has 0 atom stereocenters. The molecule has 2 aromatic carbocycles. The van der Waals surface area contributed by atoms with Crippen molar-refractivity contribution in [3.05, 3.63) is 78.6 Å². The number of hydrogen-bond donors (Lipinski definition) is 1. The highest BCUT2D eigenvalue weighted by Crippen LogP contribution is 2.25. The van der Waals surface area contributed by atoms with Crippen molar-refractivity contribution in [1.82, 2.24) is 0 Å². The molecule has 140 valence electrons. The Hall–Kier alpha value is -3.06. The zero-order valence-corrected chi connectivity index (χ0v) is 15.7. The zero-order chi connectivity index (χ0) is 19.3. The summed E-state index contributed by atoms with van der Waals surface area (Å²) < 4.78 is 37.7. The van der Waals surface area contributed by atoms with Crippen molar-refractivity contribution in [3.63, 3.8) is 0 Å². The molecule has 0 aliphatic heterocycles. The highest BCUT2D eigenvalue weighted by molar-refractivity contribution is 7.87. The SMILES string of the molecule is Cc1cc(OCC[n+]2ccc(N)cc2)cc(OS(=O)(=O)c2ccccc2)c1. The van der Waals surface area contributed by atoms with Crippen molar-refractivity contribution in [3.8, 4) is 11.5 Å². The van der Waals surface area contributed by atoms with Crippen molar-refractivity contribution in [2.75, 3.05) is 12.3 Å². The van der Waals surface area contributed by atoms with E-state index in [0.29, 0.717) is 24.6 Å². The molecule has 0 spiro atoms. The number of benzene rings is 2. The van der Waals surface area contributed by atoms with Gasteiger partial charge in [0.05, 0.1) is 0 Å². The van der Waals surface area contributed by atoms with Gasteiger partial charge in [-0.3, -0.25) is 0 Å². The number of pyridine rings is 1. The first-order chi connectivity index (χ1) is 12.9. The lowest BCUT2D eigenvalue weighted by atomic mass is 10.2. The summed E-state index contributed by atoms with van der Waals surface area (Å²) in [6, 6.07) is 16.7. The molecule has 1 heterocycles. The van der Waals surface area contributed by atoms with Gasteiger partial charge < -0.3 is 14.7 Å². The third kappa shape index (κ3) is 5.21. The summed E-state index contributed by atoms with van der Waals surface area (Å²) in [7, 11) is -3.89. The van der Waals surface area contributed by atoms with Crippen molar-refractivity contribution >= 4 is 15.8 Å². The molecule has 0 radical (unpaired) electrons. The van der Waals surface area contributed by atoms with E-state index < -0.39 is 10.1 Å². The van der Waals surface area contributed by atoms with Crippen LogP contribution in [0.5, 0.6) is 11.5 Å². The average molecular weight is 385 g/mol. The standard InChI is InChI=1S/C20H20N2O4S/c1-16-13-18(25-12-11-22-9-7-17(21)8-10-22)15-19(14-16)26-27(23,24)20-5-3-2-4-6-20/h2-10,13-15,21H,11-12H2,1H3/p+1. The fourth-order valence-electron chi connectivity index (χ4n) is 2.49. The van der Waals surface area contributed by atoms with Crippen molar-refractivity contribution in [2.24, 2.45) is 0 Å². The first-order valence-electron chi connectivity index (χ1n) is 8.41. The molecule has 1 aromatic heterocycles. The fourth-order valence-corrected chi connectivity index (χ4v) is 3.43. The summed E-state index contributed by atoms with van der Waals surface area (Å²) in [5, 5.41) is 0. The molecule has 0 bridgehead atoms. The Bertz CT molecular complexity index is 1000. The second kappa shape index (κ2) is 8.09. The van der Waals surface area contributed by atoms with Gasteiger partial charge in [-0.15, -0.1) is 0 Å². The minimum Gasteiger partial charge on any atom is -0.487 e. The van der Waals surface area contributed by atoms with Gasteiger partial charge in [-0.1, -0.05) is 18.2 Å². The van der Waals surface area contributed by atoms with Crippen LogP contribution in [0.25, 0.3) is 0 Å². The van der Waals surface area contributed by atoms with E-state index in [4.69, 9.17) is 14.7 Å². The maximum atomic E-state index is 12.4. The number of nitrogens with two attached hydrogens (primary N) is 1. The smallest absolute Gasteiger partial charge is 0.339 e. The molecule has 27 heavy (non-hydrogen) atoms. The molecular formula is C20H21N2O4S+. The van der Waals surface area contributed by atoms with E-state index in [1.165, 1.54) is 12.1 Å². The van der Waals surface area contributed by atoms with Crippen LogP contribution >= 0.6 is 0 Å². The second-order valence-corrected chi connectivity index (χ2v) is 7.60. The maximum absolute atomic E-state index is 12.4. The summed E-state index contributed by atoms with van der Waals surface area (Å²) in [5.74, 6) is 0.762. The van der Waals surface area contributed by atoms with E-state index >= 15 is 0 Å². The van der Waals surface area contributed by atoms with Gasteiger partial charge in [0.2, 0.25) is 0 Å². The summed E-state index contributed by atoms with van der Waals surface area (Å²) in [6.45, 7) is 2.90. The summed E-state index contributed by atoms with van der Waals surface area (Å²) in [4.78, 5) is 0.105. The molecule has 0 aliphatic rings. The number of aromatic nitrogens is 1. The molecule has 0 unspecified atom stereocenters. The largest absolute Gasteiger partial charge is 0.487 e. The highest BCUT2D eigenvalue weighted by Gasteiger charge is 2.16. The molecule has 6 nitrogen and oxygen atoms in total. The predicted octanol–water partition coefficient (Wildman–Crippen LogP) is 2.71. The van der Waals surface area contributed by atoms with E-state index in [1.807, 2.05) is 42.1 Å². The maximum Gasteiger partial charge on any atom is 0.339 e. The molecule has 3 rings (SSSR count). The lowest BCUT2D eigenvalue weighted by molar-refractivity contribution is -0.697. The van der Waals surface area contributed by atoms with E-state index in [-0.39, 0.29) is 10.6 Å². The Morgan fingerprint density at radius 1 is 0.963 bits per heavy atom. The molecule has 0 amide bonds. The van der Waals surface area contributed by atoms with E-state index in [1.54, 1.807) is 30.3 Å². The minimum absolute atomic E-state index is 0.105. The lowest BCUT2D eigenvalue weighted by Gasteiger charge is -2.10. The van der Waals surface area contributed by atoms with Gasteiger partial charge in [-0.05, 0) is 36.8 Å². The first-order valence-corrected chi connectivity index (χ1v) is 9.82. The molecule has 2 N–H and O–H groups in total. The van der Waals surface area contributed by atoms with Crippen LogP contribution in [0.3, 0.4) is 0 Å². The van der Waals surface area contributed by atoms with Gasteiger partial charge in [0, 0.05) is 23.9 Å². The highest BCUT2D eigenvalue weighted by atomic mass is 32.2. The fraction of sp³-hybridized carbons (Fsp3) is 0.150.